The average molecular weight is 257 g/mol. The molecular weight excluding hydrogens is 236 g/mol. The Morgan fingerprint density at radius 1 is 1.33 bits per heavy atom. The number of hydrogen-bond donors (Lipinski definition) is 1. The standard InChI is InChI=1S/C14H21F2NO/c1-5-18-14(2,3)13(17-4)9-10-8-11(15)6-7-12(10)16/h6-8,13,17H,5,9H2,1-4H3. The Balaban J connectivity index is 2.89. The fourth-order valence-corrected chi connectivity index (χ4v) is 2.09. The molecule has 0 bridgehead atoms. The molecule has 0 fully saturated rings. The van der Waals surface area contributed by atoms with E-state index >= 15 is 0 Å². The van der Waals surface area contributed by atoms with Crippen LogP contribution in [0.2, 0.25) is 0 Å². The predicted octanol–water partition coefficient (Wildman–Crippen LogP) is 2.91. The zero-order chi connectivity index (χ0) is 13.8. The first-order valence-corrected chi connectivity index (χ1v) is 6.16. The number of likely N-dealkylation sites (N-methyl/N-ethyl adjacent to an activating group) is 1. The number of benzene rings is 1. The lowest BCUT2D eigenvalue weighted by molar-refractivity contribution is -0.0364. The van der Waals surface area contributed by atoms with E-state index < -0.39 is 11.4 Å². The molecule has 1 aromatic carbocycles. The highest BCUT2D eigenvalue weighted by Gasteiger charge is 2.29. The van der Waals surface area contributed by atoms with E-state index in [1.165, 1.54) is 6.07 Å². The maximum atomic E-state index is 13.6. The van der Waals surface area contributed by atoms with Crippen LogP contribution in [0.1, 0.15) is 26.3 Å². The van der Waals surface area contributed by atoms with Crippen LogP contribution >= 0.6 is 0 Å². The molecular formula is C14H21F2NO. The Bertz CT molecular complexity index is 393. The first-order chi connectivity index (χ1) is 8.40. The topological polar surface area (TPSA) is 21.3 Å². The number of halogens is 2. The lowest BCUT2D eigenvalue weighted by Gasteiger charge is -2.34. The van der Waals surface area contributed by atoms with Crippen molar-refractivity contribution in [2.75, 3.05) is 13.7 Å². The van der Waals surface area contributed by atoms with Crippen LogP contribution in [0.3, 0.4) is 0 Å². The van der Waals surface area contributed by atoms with Crippen LogP contribution in [0.4, 0.5) is 8.78 Å². The van der Waals surface area contributed by atoms with E-state index in [4.69, 9.17) is 4.74 Å². The van der Waals surface area contributed by atoms with Crippen molar-refractivity contribution in [3.8, 4) is 0 Å². The fraction of sp³-hybridized carbons (Fsp3) is 0.571. The van der Waals surface area contributed by atoms with Gasteiger partial charge in [-0.3, -0.25) is 0 Å². The lowest BCUT2D eigenvalue weighted by atomic mass is 9.92. The highest BCUT2D eigenvalue weighted by Crippen LogP contribution is 2.20. The van der Waals surface area contributed by atoms with Gasteiger partial charge in [0, 0.05) is 12.6 Å². The minimum atomic E-state index is -0.442. The van der Waals surface area contributed by atoms with Crippen LogP contribution in [0.5, 0.6) is 0 Å². The van der Waals surface area contributed by atoms with Crippen molar-refractivity contribution in [2.45, 2.75) is 38.8 Å². The SMILES string of the molecule is CCOC(C)(C)C(Cc1cc(F)ccc1F)NC. The molecule has 4 heteroatoms. The quantitative estimate of drug-likeness (QED) is 0.846. The number of ether oxygens (including phenoxy) is 1. The van der Waals surface area contributed by atoms with Crippen LogP contribution < -0.4 is 5.32 Å². The molecule has 0 aliphatic carbocycles. The normalized spacial score (nSPS) is 13.7. The van der Waals surface area contributed by atoms with Gasteiger partial charge in [0.15, 0.2) is 0 Å². The Kier molecular flexibility index (Phi) is 5.23. The van der Waals surface area contributed by atoms with Crippen LogP contribution in [-0.4, -0.2) is 25.3 Å². The molecule has 2 nitrogen and oxygen atoms in total. The number of nitrogens with one attached hydrogen (secondary N) is 1. The molecule has 102 valence electrons. The van der Waals surface area contributed by atoms with E-state index in [1.54, 1.807) is 7.05 Å². The van der Waals surface area contributed by atoms with Gasteiger partial charge in [0.25, 0.3) is 0 Å². The number of rotatable bonds is 6. The van der Waals surface area contributed by atoms with Gasteiger partial charge in [0.2, 0.25) is 0 Å². The highest BCUT2D eigenvalue weighted by atomic mass is 19.1. The van der Waals surface area contributed by atoms with Crippen molar-refractivity contribution in [3.63, 3.8) is 0 Å². The van der Waals surface area contributed by atoms with Gasteiger partial charge in [-0.25, -0.2) is 8.78 Å². The summed E-state index contributed by atoms with van der Waals surface area (Å²) in [4.78, 5) is 0. The van der Waals surface area contributed by atoms with Gasteiger partial charge in [-0.15, -0.1) is 0 Å². The molecule has 0 saturated carbocycles. The summed E-state index contributed by atoms with van der Waals surface area (Å²) in [6.45, 7) is 6.37. The van der Waals surface area contributed by atoms with Crippen LogP contribution in [0, 0.1) is 11.6 Å². The third-order valence-electron chi connectivity index (χ3n) is 3.14. The minimum Gasteiger partial charge on any atom is -0.374 e. The summed E-state index contributed by atoms with van der Waals surface area (Å²) >= 11 is 0. The van der Waals surface area contributed by atoms with Gasteiger partial charge in [0.1, 0.15) is 11.6 Å². The third-order valence-corrected chi connectivity index (χ3v) is 3.14. The molecule has 1 aromatic rings. The predicted molar refractivity (Wildman–Crippen MR) is 68.6 cm³/mol. The molecule has 1 rings (SSSR count). The van der Waals surface area contributed by atoms with Gasteiger partial charge in [-0.05, 0) is 58.0 Å². The molecule has 0 aromatic heterocycles. The summed E-state index contributed by atoms with van der Waals surface area (Å²) in [5, 5.41) is 3.11. The lowest BCUT2D eigenvalue weighted by Crippen LogP contribution is -2.48. The molecule has 0 amide bonds. The summed E-state index contributed by atoms with van der Waals surface area (Å²) in [5.41, 5.74) is -0.0791. The zero-order valence-corrected chi connectivity index (χ0v) is 11.4. The second-order valence-corrected chi connectivity index (χ2v) is 4.82. The molecule has 1 unspecified atom stereocenters. The molecule has 1 N–H and O–H groups in total. The van der Waals surface area contributed by atoms with Crippen molar-refractivity contribution >= 4 is 0 Å². The van der Waals surface area contributed by atoms with E-state index in [9.17, 15) is 8.78 Å². The van der Waals surface area contributed by atoms with E-state index in [0.717, 1.165) is 12.1 Å². The van der Waals surface area contributed by atoms with Gasteiger partial charge >= 0.3 is 0 Å². The molecule has 1 atom stereocenters. The van der Waals surface area contributed by atoms with Crippen LogP contribution in [-0.2, 0) is 11.2 Å². The van der Waals surface area contributed by atoms with Crippen molar-refractivity contribution in [1.29, 1.82) is 0 Å². The fourth-order valence-electron chi connectivity index (χ4n) is 2.09. The summed E-state index contributed by atoms with van der Waals surface area (Å²) in [5.74, 6) is -0.806. The molecule has 0 radical (unpaired) electrons. The van der Waals surface area contributed by atoms with Crippen LogP contribution in [0.25, 0.3) is 0 Å². The van der Waals surface area contributed by atoms with Crippen molar-refractivity contribution in [1.82, 2.24) is 5.32 Å². The van der Waals surface area contributed by atoms with Crippen molar-refractivity contribution in [3.05, 3.63) is 35.4 Å². The Hall–Kier alpha value is -1.00. The molecule has 0 saturated heterocycles. The Morgan fingerprint density at radius 3 is 2.56 bits per heavy atom. The first-order valence-electron chi connectivity index (χ1n) is 6.16. The Morgan fingerprint density at radius 2 is 2.00 bits per heavy atom. The second kappa shape index (κ2) is 6.25. The molecule has 18 heavy (non-hydrogen) atoms. The third kappa shape index (κ3) is 3.75. The largest absolute Gasteiger partial charge is 0.374 e. The van der Waals surface area contributed by atoms with E-state index in [-0.39, 0.29) is 11.9 Å². The van der Waals surface area contributed by atoms with Gasteiger partial charge in [0.05, 0.1) is 5.60 Å². The number of hydrogen-bond acceptors (Lipinski definition) is 2. The summed E-state index contributed by atoms with van der Waals surface area (Å²) < 4.78 is 32.4. The molecule has 0 heterocycles. The minimum absolute atomic E-state index is 0.0891. The highest BCUT2D eigenvalue weighted by molar-refractivity contribution is 5.20. The van der Waals surface area contributed by atoms with E-state index in [1.807, 2.05) is 20.8 Å². The van der Waals surface area contributed by atoms with Crippen LogP contribution in [0.15, 0.2) is 18.2 Å². The zero-order valence-electron chi connectivity index (χ0n) is 11.4. The molecule has 0 spiro atoms. The van der Waals surface area contributed by atoms with Gasteiger partial charge < -0.3 is 10.1 Å². The summed E-state index contributed by atoms with van der Waals surface area (Å²) in [6, 6.07) is 3.43. The maximum absolute atomic E-state index is 13.6. The van der Waals surface area contributed by atoms with E-state index in [0.29, 0.717) is 18.6 Å². The Labute approximate surface area is 107 Å². The molecule has 0 aliphatic rings. The first kappa shape index (κ1) is 15.1. The van der Waals surface area contributed by atoms with Gasteiger partial charge in [-0.1, -0.05) is 0 Å². The maximum Gasteiger partial charge on any atom is 0.126 e. The molecule has 0 aliphatic heterocycles. The summed E-state index contributed by atoms with van der Waals surface area (Å²) in [6.07, 6.45) is 0.382. The average Bonchev–Trinajstić information content (AvgIpc) is 2.29. The second-order valence-electron chi connectivity index (χ2n) is 4.82. The smallest absolute Gasteiger partial charge is 0.126 e. The van der Waals surface area contributed by atoms with Crippen molar-refractivity contribution in [2.24, 2.45) is 0 Å². The monoisotopic (exact) mass is 257 g/mol. The van der Waals surface area contributed by atoms with Gasteiger partial charge in [-0.2, -0.15) is 0 Å². The van der Waals surface area contributed by atoms with Crippen molar-refractivity contribution < 1.29 is 13.5 Å². The van der Waals surface area contributed by atoms with E-state index in [2.05, 4.69) is 5.32 Å². The summed E-state index contributed by atoms with van der Waals surface area (Å²) in [7, 11) is 1.79.